The molecule has 0 bridgehead atoms. The molecule has 4 aromatic rings. The van der Waals surface area contributed by atoms with Crippen LogP contribution in [0, 0.1) is 24.4 Å². The Morgan fingerprint density at radius 1 is 0.932 bits per heavy atom. The second-order valence-corrected chi connectivity index (χ2v) is 11.7. The summed E-state index contributed by atoms with van der Waals surface area (Å²) in [5.41, 5.74) is 0.116. The first-order valence-electron chi connectivity index (χ1n) is 13.1. The van der Waals surface area contributed by atoms with E-state index in [0.717, 1.165) is 48.7 Å². The summed E-state index contributed by atoms with van der Waals surface area (Å²) in [7, 11) is -2.97. The molecule has 9 nitrogen and oxygen atoms in total. The Morgan fingerprint density at radius 3 is 2.20 bits per heavy atom. The molecule has 44 heavy (non-hydrogen) atoms. The summed E-state index contributed by atoms with van der Waals surface area (Å²) in [6.07, 6.45) is -0.350. The number of hydrogen-bond acceptors (Lipinski definition) is 7. The molecule has 2 unspecified atom stereocenters. The van der Waals surface area contributed by atoms with Crippen molar-refractivity contribution in [1.82, 2.24) is 10.3 Å². The summed E-state index contributed by atoms with van der Waals surface area (Å²) in [6, 6.07) is 14.3. The third-order valence-corrected chi connectivity index (χ3v) is 8.75. The number of nitrogens with zero attached hydrogens (tertiary/aromatic N) is 1. The maximum absolute atomic E-state index is 15.0. The average Bonchev–Trinajstić information content (AvgIpc) is 2.99. The van der Waals surface area contributed by atoms with Gasteiger partial charge in [-0.2, -0.15) is 0 Å². The molecule has 0 fully saturated rings. The molecule has 0 spiro atoms. The number of carboxylic acid groups (broad SMARTS) is 1. The topological polar surface area (TPSA) is 132 Å². The van der Waals surface area contributed by atoms with Crippen LogP contribution in [-0.2, 0) is 26.0 Å². The van der Waals surface area contributed by atoms with Gasteiger partial charge in [0.1, 0.15) is 34.1 Å². The van der Waals surface area contributed by atoms with E-state index in [1.165, 1.54) is 20.1 Å². The van der Waals surface area contributed by atoms with E-state index in [4.69, 9.17) is 9.47 Å². The van der Waals surface area contributed by atoms with Gasteiger partial charge in [-0.3, -0.25) is 9.78 Å². The van der Waals surface area contributed by atoms with Crippen molar-refractivity contribution in [2.45, 2.75) is 29.8 Å². The highest BCUT2D eigenvalue weighted by molar-refractivity contribution is 7.92. The van der Waals surface area contributed by atoms with Gasteiger partial charge in [0.15, 0.2) is 15.9 Å². The summed E-state index contributed by atoms with van der Waals surface area (Å²) in [5, 5.41) is 10.2. The van der Waals surface area contributed by atoms with Crippen molar-refractivity contribution in [2.24, 2.45) is 0 Å². The van der Waals surface area contributed by atoms with Crippen molar-refractivity contribution in [1.29, 1.82) is 0 Å². The Bertz CT molecular complexity index is 1770. The number of nitrogens with one attached hydrogen (secondary N) is 1. The first-order chi connectivity index (χ1) is 20.9. The molecule has 0 saturated carbocycles. The number of hydrogen-bond donors (Lipinski definition) is 2. The number of benzene rings is 3. The zero-order valence-corrected chi connectivity index (χ0v) is 24.3. The fourth-order valence-corrected chi connectivity index (χ4v) is 6.24. The number of methoxy groups -OCH3 is 1. The fourth-order valence-electron chi connectivity index (χ4n) is 4.36. The zero-order chi connectivity index (χ0) is 32.0. The van der Waals surface area contributed by atoms with Gasteiger partial charge in [0.25, 0.3) is 5.91 Å². The molecule has 0 aliphatic carbocycles. The van der Waals surface area contributed by atoms with Gasteiger partial charge in [-0.1, -0.05) is 12.1 Å². The number of pyridine rings is 1. The van der Waals surface area contributed by atoms with Gasteiger partial charge in [-0.05, 0) is 84.3 Å². The molecular formula is C31H27F3N2O7S. The van der Waals surface area contributed by atoms with Crippen LogP contribution < -0.4 is 10.1 Å². The summed E-state index contributed by atoms with van der Waals surface area (Å²) in [5.74, 6) is -4.06. The molecule has 2 N–H and O–H groups in total. The number of carbonyl (C=O) groups excluding carboxylic acids is 1. The van der Waals surface area contributed by atoms with E-state index < -0.39 is 62.6 Å². The number of aliphatic carboxylic acids is 1. The number of halogens is 3. The third-order valence-electron chi connectivity index (χ3n) is 6.69. The molecular weight excluding hydrogens is 601 g/mol. The minimum absolute atomic E-state index is 0.0521. The second kappa shape index (κ2) is 13.7. The molecule has 2 atom stereocenters. The number of rotatable bonds is 12. The van der Waals surface area contributed by atoms with Crippen LogP contribution in [0.1, 0.15) is 38.0 Å². The smallest absolute Gasteiger partial charge is 0.334 e. The Morgan fingerprint density at radius 2 is 1.59 bits per heavy atom. The predicted octanol–water partition coefficient (Wildman–Crippen LogP) is 4.78. The molecule has 230 valence electrons. The van der Waals surface area contributed by atoms with Gasteiger partial charge in [0, 0.05) is 11.8 Å². The minimum atomic E-state index is -4.49. The number of carboxylic acids is 1. The third kappa shape index (κ3) is 7.41. The standard InChI is InChI=1S/C31H27F3N2O7S/c1-18-13-27(30(37)36-16-28(31(38)39)43-17-19-3-8-22(42-2)9-4-19)35-15-25(18)29(24-14-21(33)7-12-26(24)34)44(40,41)23-10-5-20(32)6-11-23/h3-15,28-29H,16-17H2,1-2H3,(H,36,37)(H,38,39). The normalized spacial score (nSPS) is 12.8. The van der Waals surface area contributed by atoms with Gasteiger partial charge in [0.05, 0.1) is 25.2 Å². The number of aryl methyl sites for hydroxylation is 1. The molecule has 0 saturated heterocycles. The summed E-state index contributed by atoms with van der Waals surface area (Å²) in [4.78, 5) is 28.3. The molecule has 0 aliphatic heterocycles. The van der Waals surface area contributed by atoms with Crippen LogP contribution in [0.15, 0.2) is 83.9 Å². The molecule has 1 amide bonds. The van der Waals surface area contributed by atoms with Gasteiger partial charge in [0.2, 0.25) is 0 Å². The van der Waals surface area contributed by atoms with E-state index in [0.29, 0.717) is 11.3 Å². The average molecular weight is 629 g/mol. The maximum atomic E-state index is 15.0. The molecule has 0 radical (unpaired) electrons. The molecule has 3 aromatic carbocycles. The van der Waals surface area contributed by atoms with Crippen LogP contribution in [0.5, 0.6) is 5.75 Å². The van der Waals surface area contributed by atoms with E-state index in [2.05, 4.69) is 10.3 Å². The molecule has 13 heteroatoms. The number of ether oxygens (including phenoxy) is 2. The lowest BCUT2D eigenvalue weighted by Crippen LogP contribution is -2.38. The van der Waals surface area contributed by atoms with Crippen molar-refractivity contribution in [3.63, 3.8) is 0 Å². The van der Waals surface area contributed by atoms with Crippen LogP contribution in [0.25, 0.3) is 0 Å². The lowest BCUT2D eigenvalue weighted by atomic mass is 10.0. The summed E-state index contributed by atoms with van der Waals surface area (Å²) < 4.78 is 80.7. The monoisotopic (exact) mass is 628 g/mol. The van der Waals surface area contributed by atoms with Crippen LogP contribution >= 0.6 is 0 Å². The van der Waals surface area contributed by atoms with E-state index in [1.807, 2.05) is 0 Å². The highest BCUT2D eigenvalue weighted by Crippen LogP contribution is 2.38. The second-order valence-electron chi connectivity index (χ2n) is 9.67. The lowest BCUT2D eigenvalue weighted by Gasteiger charge is -2.21. The van der Waals surface area contributed by atoms with Crippen molar-refractivity contribution >= 4 is 21.7 Å². The molecule has 1 heterocycles. The van der Waals surface area contributed by atoms with E-state index >= 15 is 0 Å². The van der Waals surface area contributed by atoms with Crippen LogP contribution in [0.3, 0.4) is 0 Å². The number of aromatic nitrogens is 1. The van der Waals surface area contributed by atoms with Gasteiger partial charge >= 0.3 is 5.97 Å². The number of amides is 1. The predicted molar refractivity (Wildman–Crippen MR) is 152 cm³/mol. The number of carbonyl (C=O) groups is 2. The van der Waals surface area contributed by atoms with Crippen LogP contribution in [0.2, 0.25) is 0 Å². The zero-order valence-electron chi connectivity index (χ0n) is 23.5. The van der Waals surface area contributed by atoms with E-state index in [-0.39, 0.29) is 28.3 Å². The fraction of sp³-hybridized carbons (Fsp3) is 0.194. The summed E-state index contributed by atoms with van der Waals surface area (Å²) in [6.45, 7) is 0.989. The molecule has 0 aliphatic rings. The Kier molecular flexibility index (Phi) is 10.0. The first-order valence-corrected chi connectivity index (χ1v) is 14.6. The van der Waals surface area contributed by atoms with Crippen molar-refractivity contribution in [2.75, 3.05) is 13.7 Å². The largest absolute Gasteiger partial charge is 0.497 e. The quantitative estimate of drug-likeness (QED) is 0.215. The highest BCUT2D eigenvalue weighted by Gasteiger charge is 2.35. The van der Waals surface area contributed by atoms with Gasteiger partial charge < -0.3 is 19.9 Å². The summed E-state index contributed by atoms with van der Waals surface area (Å²) >= 11 is 0. The van der Waals surface area contributed by atoms with Crippen molar-refractivity contribution < 1.29 is 45.8 Å². The van der Waals surface area contributed by atoms with Gasteiger partial charge in [-0.25, -0.2) is 26.4 Å². The first kappa shape index (κ1) is 32.2. The highest BCUT2D eigenvalue weighted by atomic mass is 32.2. The molecule has 1 aromatic heterocycles. The molecule has 4 rings (SSSR count). The lowest BCUT2D eigenvalue weighted by molar-refractivity contribution is -0.150. The Hall–Kier alpha value is -4.75. The van der Waals surface area contributed by atoms with E-state index in [1.54, 1.807) is 24.3 Å². The SMILES string of the molecule is COc1ccc(COC(CNC(=O)c2cc(C)c(C(c3cc(F)ccc3F)S(=O)(=O)c3ccc(F)cc3)cn2)C(=O)O)cc1. The Labute approximate surface area is 251 Å². The number of sulfone groups is 1. The van der Waals surface area contributed by atoms with E-state index in [9.17, 15) is 36.3 Å². The van der Waals surface area contributed by atoms with Crippen molar-refractivity contribution in [3.8, 4) is 5.75 Å². The van der Waals surface area contributed by atoms with Crippen molar-refractivity contribution in [3.05, 3.63) is 124 Å². The van der Waals surface area contributed by atoms with Crippen LogP contribution in [-0.4, -0.2) is 50.1 Å². The maximum Gasteiger partial charge on any atom is 0.334 e. The Balaban J connectivity index is 1.57. The van der Waals surface area contributed by atoms with Crippen LogP contribution in [0.4, 0.5) is 13.2 Å². The minimum Gasteiger partial charge on any atom is -0.497 e. The van der Waals surface area contributed by atoms with Gasteiger partial charge in [-0.15, -0.1) is 0 Å².